The molecule has 0 spiro atoms. The van der Waals surface area contributed by atoms with Gasteiger partial charge in [-0.1, -0.05) is 31.2 Å². The zero-order chi connectivity index (χ0) is 22.7. The first kappa shape index (κ1) is 21.6. The molecule has 2 heterocycles. The number of nitrogens with one attached hydrogen (secondary N) is 1. The number of hydrogen-bond acceptors (Lipinski definition) is 6. The Morgan fingerprint density at radius 3 is 2.25 bits per heavy atom. The van der Waals surface area contributed by atoms with Crippen molar-refractivity contribution in [1.29, 1.82) is 0 Å². The van der Waals surface area contributed by atoms with Crippen LogP contribution in [0, 0.1) is 0 Å². The number of methoxy groups -OCH3 is 2. The van der Waals surface area contributed by atoms with Crippen molar-refractivity contribution in [2.45, 2.75) is 19.9 Å². The average Bonchev–Trinajstić information content (AvgIpc) is 3.42. The average molecular weight is 449 g/mol. The monoisotopic (exact) mass is 448 g/mol. The maximum Gasteiger partial charge on any atom is 0.278 e. The maximum atomic E-state index is 13.4. The number of hydrogen-bond donors (Lipinski definition) is 1. The van der Waals surface area contributed by atoms with E-state index in [1.807, 2.05) is 47.8 Å². The van der Waals surface area contributed by atoms with Gasteiger partial charge in [-0.05, 0) is 53.3 Å². The van der Waals surface area contributed by atoms with E-state index >= 15 is 0 Å². The third-order valence-corrected chi connectivity index (χ3v) is 6.24. The minimum absolute atomic E-state index is 0.132. The third-order valence-electron chi connectivity index (χ3n) is 5.36. The Morgan fingerprint density at radius 2 is 1.62 bits per heavy atom. The van der Waals surface area contributed by atoms with E-state index in [0.717, 1.165) is 22.5 Å². The normalized spacial score (nSPS) is 13.7. The van der Waals surface area contributed by atoms with E-state index in [0.29, 0.717) is 22.8 Å². The Balaban J connectivity index is 1.66. The van der Waals surface area contributed by atoms with Crippen LogP contribution in [-0.2, 0) is 22.6 Å². The predicted molar refractivity (Wildman–Crippen MR) is 126 cm³/mol. The van der Waals surface area contributed by atoms with Crippen molar-refractivity contribution in [1.82, 2.24) is 4.90 Å². The van der Waals surface area contributed by atoms with Crippen LogP contribution in [0.1, 0.15) is 22.9 Å². The molecule has 3 aromatic rings. The highest BCUT2D eigenvalue weighted by Gasteiger charge is 2.39. The van der Waals surface area contributed by atoms with E-state index in [1.165, 1.54) is 21.8 Å². The highest BCUT2D eigenvalue weighted by atomic mass is 32.1. The van der Waals surface area contributed by atoms with Crippen molar-refractivity contribution < 1.29 is 19.1 Å². The molecule has 2 aromatic carbocycles. The lowest BCUT2D eigenvalue weighted by Gasteiger charge is -2.17. The molecule has 0 aliphatic carbocycles. The van der Waals surface area contributed by atoms with E-state index in [1.54, 1.807) is 26.4 Å². The van der Waals surface area contributed by atoms with Gasteiger partial charge in [0.2, 0.25) is 0 Å². The van der Waals surface area contributed by atoms with Gasteiger partial charge in [-0.15, -0.1) is 11.3 Å². The molecule has 0 saturated carbocycles. The summed E-state index contributed by atoms with van der Waals surface area (Å²) in [6, 6.07) is 17.0. The topological polar surface area (TPSA) is 67.9 Å². The number of rotatable bonds is 8. The fourth-order valence-corrected chi connectivity index (χ4v) is 4.38. The molecule has 32 heavy (non-hydrogen) atoms. The summed E-state index contributed by atoms with van der Waals surface area (Å²) in [6.07, 6.45) is 0.930. The van der Waals surface area contributed by atoms with E-state index in [2.05, 4.69) is 12.2 Å². The molecule has 0 unspecified atom stereocenters. The number of anilines is 1. The van der Waals surface area contributed by atoms with E-state index < -0.39 is 0 Å². The second-order valence-electron chi connectivity index (χ2n) is 7.29. The summed E-state index contributed by atoms with van der Waals surface area (Å²) >= 11 is 1.43. The smallest absolute Gasteiger partial charge is 0.278 e. The van der Waals surface area contributed by atoms with Gasteiger partial charge < -0.3 is 14.8 Å². The van der Waals surface area contributed by atoms with E-state index in [4.69, 9.17) is 9.47 Å². The lowest BCUT2D eigenvalue weighted by atomic mass is 10.1. The van der Waals surface area contributed by atoms with Crippen LogP contribution in [-0.4, -0.2) is 30.9 Å². The SMILES string of the molecule is CCc1ccc(NC2=C(c3cccs3)C(=O)N(Cc3ccc(OC)c(OC)c3)C2=O)cc1. The van der Waals surface area contributed by atoms with Crippen LogP contribution in [0.3, 0.4) is 0 Å². The summed E-state index contributed by atoms with van der Waals surface area (Å²) in [5.74, 6) is 0.461. The van der Waals surface area contributed by atoms with Crippen molar-refractivity contribution in [3.8, 4) is 11.5 Å². The van der Waals surface area contributed by atoms with Crippen molar-refractivity contribution in [2.24, 2.45) is 0 Å². The van der Waals surface area contributed by atoms with Crippen LogP contribution in [0.15, 0.2) is 65.7 Å². The molecule has 1 aliphatic rings. The lowest BCUT2D eigenvalue weighted by Crippen LogP contribution is -2.32. The standard InChI is InChI=1S/C25H24N2O4S/c1-4-16-7-10-18(11-8-16)26-23-22(21-6-5-13-32-21)24(28)27(25(23)29)15-17-9-12-19(30-2)20(14-17)31-3/h5-14,26H,4,15H2,1-3H3. The van der Waals surface area contributed by atoms with Crippen LogP contribution < -0.4 is 14.8 Å². The summed E-state index contributed by atoms with van der Waals surface area (Å²) in [4.78, 5) is 28.7. The van der Waals surface area contributed by atoms with Crippen molar-refractivity contribution in [3.05, 3.63) is 81.7 Å². The molecule has 1 aromatic heterocycles. The van der Waals surface area contributed by atoms with Crippen LogP contribution in [0.4, 0.5) is 5.69 Å². The highest BCUT2D eigenvalue weighted by Crippen LogP contribution is 2.35. The quantitative estimate of drug-likeness (QED) is 0.505. The molecule has 0 fully saturated rings. The molecule has 0 radical (unpaired) electrons. The van der Waals surface area contributed by atoms with Gasteiger partial charge in [0, 0.05) is 10.6 Å². The number of carbonyl (C=O) groups is 2. The molecule has 1 aliphatic heterocycles. The first-order valence-electron chi connectivity index (χ1n) is 10.3. The summed E-state index contributed by atoms with van der Waals surface area (Å²) < 4.78 is 10.6. The largest absolute Gasteiger partial charge is 0.493 e. The number of nitrogens with zero attached hydrogens (tertiary/aromatic N) is 1. The van der Waals surface area contributed by atoms with Gasteiger partial charge in [0.15, 0.2) is 11.5 Å². The first-order valence-corrected chi connectivity index (χ1v) is 11.1. The molecule has 0 bridgehead atoms. The molecule has 7 heteroatoms. The predicted octanol–water partition coefficient (Wildman–Crippen LogP) is 4.72. The highest BCUT2D eigenvalue weighted by molar-refractivity contribution is 7.11. The molecule has 164 valence electrons. The fraction of sp³-hybridized carbons (Fsp3) is 0.200. The minimum atomic E-state index is -0.354. The number of thiophene rings is 1. The number of ether oxygens (including phenoxy) is 2. The van der Waals surface area contributed by atoms with E-state index in [9.17, 15) is 9.59 Å². The van der Waals surface area contributed by atoms with Gasteiger partial charge >= 0.3 is 0 Å². The summed E-state index contributed by atoms with van der Waals surface area (Å²) in [5, 5.41) is 5.09. The fourth-order valence-electron chi connectivity index (χ4n) is 3.61. The van der Waals surface area contributed by atoms with Gasteiger partial charge in [0.1, 0.15) is 5.70 Å². The molecular formula is C25H24N2O4S. The second-order valence-corrected chi connectivity index (χ2v) is 8.24. The van der Waals surface area contributed by atoms with Gasteiger partial charge in [-0.3, -0.25) is 14.5 Å². The number of aryl methyl sites for hydroxylation is 1. The van der Waals surface area contributed by atoms with Crippen LogP contribution in [0.2, 0.25) is 0 Å². The minimum Gasteiger partial charge on any atom is -0.493 e. The molecule has 2 amide bonds. The maximum absolute atomic E-state index is 13.4. The Hall–Kier alpha value is -3.58. The molecule has 1 N–H and O–H groups in total. The van der Waals surface area contributed by atoms with Crippen LogP contribution in [0.25, 0.3) is 5.57 Å². The number of imide groups is 1. The van der Waals surface area contributed by atoms with Gasteiger partial charge in [0.05, 0.1) is 26.3 Å². The molecule has 4 rings (SSSR count). The van der Waals surface area contributed by atoms with E-state index in [-0.39, 0.29) is 18.4 Å². The zero-order valence-electron chi connectivity index (χ0n) is 18.2. The summed E-state index contributed by atoms with van der Waals surface area (Å²) in [6.45, 7) is 2.22. The lowest BCUT2D eigenvalue weighted by molar-refractivity contribution is -0.137. The van der Waals surface area contributed by atoms with Crippen molar-refractivity contribution in [2.75, 3.05) is 19.5 Å². The number of benzene rings is 2. The summed E-state index contributed by atoms with van der Waals surface area (Å²) in [5.41, 5.74) is 3.42. The number of amides is 2. The van der Waals surface area contributed by atoms with Gasteiger partial charge in [0.25, 0.3) is 11.8 Å². The number of carbonyl (C=O) groups excluding carboxylic acids is 2. The Bertz CT molecular complexity index is 1170. The first-order chi connectivity index (χ1) is 15.5. The molecule has 0 atom stereocenters. The second kappa shape index (κ2) is 9.28. The Morgan fingerprint density at radius 1 is 0.906 bits per heavy atom. The molecular weight excluding hydrogens is 424 g/mol. The van der Waals surface area contributed by atoms with Gasteiger partial charge in [-0.25, -0.2) is 0 Å². The van der Waals surface area contributed by atoms with Crippen LogP contribution in [0.5, 0.6) is 11.5 Å². The third kappa shape index (κ3) is 4.11. The molecule has 6 nitrogen and oxygen atoms in total. The summed E-state index contributed by atoms with van der Waals surface area (Å²) in [7, 11) is 3.11. The van der Waals surface area contributed by atoms with Crippen molar-refractivity contribution in [3.63, 3.8) is 0 Å². The Labute approximate surface area is 191 Å². The van der Waals surface area contributed by atoms with Crippen molar-refractivity contribution >= 4 is 34.4 Å². The van der Waals surface area contributed by atoms with Crippen LogP contribution >= 0.6 is 11.3 Å². The van der Waals surface area contributed by atoms with Gasteiger partial charge in [-0.2, -0.15) is 0 Å². The zero-order valence-corrected chi connectivity index (χ0v) is 19.0. The Kier molecular flexibility index (Phi) is 6.28. The molecule has 0 saturated heterocycles.